The molecule has 4 rings (SSSR count). The minimum absolute atomic E-state index is 0.0413. The van der Waals surface area contributed by atoms with Crippen molar-refractivity contribution in [1.82, 2.24) is 10.3 Å². The number of hydrogen-bond acceptors (Lipinski definition) is 7. The summed E-state index contributed by atoms with van der Waals surface area (Å²) >= 11 is 1.22. The van der Waals surface area contributed by atoms with Crippen LogP contribution in [0.1, 0.15) is 35.3 Å². The molecule has 1 unspecified atom stereocenters. The van der Waals surface area contributed by atoms with Gasteiger partial charge >= 0.3 is 12.1 Å². The van der Waals surface area contributed by atoms with E-state index < -0.39 is 30.1 Å². The third kappa shape index (κ3) is 5.67. The van der Waals surface area contributed by atoms with E-state index >= 15 is 0 Å². The molecule has 10 heteroatoms. The van der Waals surface area contributed by atoms with Crippen LogP contribution in [0.15, 0.2) is 54.7 Å². The van der Waals surface area contributed by atoms with E-state index in [1.165, 1.54) is 11.3 Å². The second kappa shape index (κ2) is 10.2. The van der Waals surface area contributed by atoms with E-state index in [-0.39, 0.29) is 18.9 Å². The van der Waals surface area contributed by atoms with Crippen molar-refractivity contribution in [3.63, 3.8) is 0 Å². The Bertz CT molecular complexity index is 1210. The largest absolute Gasteiger partial charge is 0.479 e. The van der Waals surface area contributed by atoms with Gasteiger partial charge in [-0.25, -0.2) is 14.6 Å². The van der Waals surface area contributed by atoms with Gasteiger partial charge in [-0.15, -0.1) is 11.3 Å². The highest BCUT2D eigenvalue weighted by molar-refractivity contribution is 7.15. The molecule has 1 aromatic heterocycles. The number of nitrogens with one attached hydrogen (secondary N) is 2. The van der Waals surface area contributed by atoms with Crippen molar-refractivity contribution in [2.45, 2.75) is 31.3 Å². The van der Waals surface area contributed by atoms with E-state index in [9.17, 15) is 19.5 Å². The van der Waals surface area contributed by atoms with Gasteiger partial charge < -0.3 is 20.3 Å². The van der Waals surface area contributed by atoms with Crippen LogP contribution in [0.2, 0.25) is 0 Å². The maximum atomic E-state index is 12.4. The van der Waals surface area contributed by atoms with Crippen molar-refractivity contribution in [2.75, 3.05) is 18.5 Å². The summed E-state index contributed by atoms with van der Waals surface area (Å²) in [6.07, 6.45) is 1.39. The first-order valence-corrected chi connectivity index (χ1v) is 11.9. The second-order valence-corrected chi connectivity index (χ2v) is 9.55. The van der Waals surface area contributed by atoms with Gasteiger partial charge in [0.2, 0.25) is 5.91 Å². The number of benzene rings is 2. The molecule has 4 N–H and O–H groups in total. The predicted molar refractivity (Wildman–Crippen MR) is 130 cm³/mol. The average molecular weight is 496 g/mol. The molecular weight excluding hydrogens is 470 g/mol. The predicted octanol–water partition coefficient (Wildman–Crippen LogP) is 3.39. The Kier molecular flexibility index (Phi) is 7.13. The molecule has 182 valence electrons. The zero-order valence-corrected chi connectivity index (χ0v) is 19.8. The maximum Gasteiger partial charge on any atom is 0.413 e. The summed E-state index contributed by atoms with van der Waals surface area (Å²) in [4.78, 5) is 40.1. The summed E-state index contributed by atoms with van der Waals surface area (Å²) in [5, 5.41) is 23.9. The summed E-state index contributed by atoms with van der Waals surface area (Å²) in [5.41, 5.74) is 2.53. The van der Waals surface area contributed by atoms with E-state index in [4.69, 9.17) is 9.84 Å². The van der Waals surface area contributed by atoms with E-state index in [0.29, 0.717) is 11.6 Å². The number of amides is 2. The SMILES string of the molecule is CC(O)(CNC(=O)CCc1cnc(NC(=O)OCC2c3ccccc3-c3ccccc32)s1)C(=O)O. The number of aliphatic carboxylic acids is 1. The van der Waals surface area contributed by atoms with Crippen molar-refractivity contribution in [2.24, 2.45) is 0 Å². The van der Waals surface area contributed by atoms with Crippen molar-refractivity contribution < 1.29 is 29.3 Å². The third-order valence-corrected chi connectivity index (χ3v) is 6.77. The van der Waals surface area contributed by atoms with Crippen LogP contribution in [-0.2, 0) is 20.7 Å². The summed E-state index contributed by atoms with van der Waals surface area (Å²) in [7, 11) is 0. The zero-order chi connectivity index (χ0) is 25.0. The van der Waals surface area contributed by atoms with Crippen LogP contribution in [0, 0.1) is 0 Å². The molecule has 1 atom stereocenters. The molecule has 2 aromatic carbocycles. The number of rotatable bonds is 9. The Balaban J connectivity index is 1.26. The lowest BCUT2D eigenvalue weighted by Crippen LogP contribution is -2.46. The van der Waals surface area contributed by atoms with E-state index in [1.54, 1.807) is 6.20 Å². The summed E-state index contributed by atoms with van der Waals surface area (Å²) in [5.74, 6) is -1.85. The fourth-order valence-electron chi connectivity index (χ4n) is 3.87. The monoisotopic (exact) mass is 495 g/mol. The minimum atomic E-state index is -2.03. The highest BCUT2D eigenvalue weighted by Gasteiger charge is 2.30. The Labute approximate surface area is 205 Å². The van der Waals surface area contributed by atoms with Crippen LogP contribution in [0.5, 0.6) is 0 Å². The Morgan fingerprint density at radius 2 is 1.71 bits per heavy atom. The molecule has 0 aliphatic heterocycles. The summed E-state index contributed by atoms with van der Waals surface area (Å²) in [6, 6.07) is 16.2. The first kappa shape index (κ1) is 24.4. The average Bonchev–Trinajstić information content (AvgIpc) is 3.42. The van der Waals surface area contributed by atoms with Gasteiger partial charge in [0.1, 0.15) is 6.61 Å². The van der Waals surface area contributed by atoms with Gasteiger partial charge in [0.25, 0.3) is 0 Å². The van der Waals surface area contributed by atoms with E-state index in [0.717, 1.165) is 34.1 Å². The third-order valence-electron chi connectivity index (χ3n) is 5.80. The number of aliphatic hydroxyl groups is 1. The van der Waals surface area contributed by atoms with Gasteiger partial charge in [0, 0.05) is 23.4 Å². The van der Waals surface area contributed by atoms with Crippen molar-refractivity contribution in [3.8, 4) is 11.1 Å². The molecule has 9 nitrogen and oxygen atoms in total. The molecule has 0 spiro atoms. The van der Waals surface area contributed by atoms with Gasteiger partial charge in [-0.1, -0.05) is 48.5 Å². The maximum absolute atomic E-state index is 12.4. The molecule has 35 heavy (non-hydrogen) atoms. The van der Waals surface area contributed by atoms with Crippen LogP contribution in [0.25, 0.3) is 11.1 Å². The van der Waals surface area contributed by atoms with Crippen molar-refractivity contribution in [3.05, 3.63) is 70.7 Å². The molecule has 3 aromatic rings. The number of carboxylic acids is 1. The number of aryl methyl sites for hydroxylation is 1. The number of carboxylic acid groups (broad SMARTS) is 1. The Hall–Kier alpha value is -3.76. The highest BCUT2D eigenvalue weighted by atomic mass is 32.1. The summed E-state index contributed by atoms with van der Waals surface area (Å²) in [6.45, 7) is 0.914. The molecule has 1 heterocycles. The fourth-order valence-corrected chi connectivity index (χ4v) is 4.67. The van der Waals surface area contributed by atoms with Crippen LogP contribution in [0.3, 0.4) is 0 Å². The minimum Gasteiger partial charge on any atom is -0.479 e. The number of nitrogens with zero attached hydrogens (tertiary/aromatic N) is 1. The molecule has 0 saturated carbocycles. The Morgan fingerprint density at radius 3 is 2.34 bits per heavy atom. The van der Waals surface area contributed by atoms with Gasteiger partial charge in [0.05, 0.1) is 6.54 Å². The Morgan fingerprint density at radius 1 is 1.09 bits per heavy atom. The standard InChI is InChI=1S/C25H25N3O6S/c1-25(33,22(30)31)14-27-21(29)11-10-15-12-26-23(35-15)28-24(32)34-13-20-18-8-4-2-6-16(18)17-7-3-5-9-19(17)20/h2-9,12,20,33H,10-11,13-14H2,1H3,(H,27,29)(H,30,31)(H,26,28,32). The zero-order valence-electron chi connectivity index (χ0n) is 19.0. The van der Waals surface area contributed by atoms with Gasteiger partial charge in [0.15, 0.2) is 10.7 Å². The van der Waals surface area contributed by atoms with Crippen LogP contribution in [-0.4, -0.2) is 51.9 Å². The fraction of sp³-hybridized carbons (Fsp3) is 0.280. The number of carbonyl (C=O) groups is 3. The summed E-state index contributed by atoms with van der Waals surface area (Å²) < 4.78 is 5.52. The van der Waals surface area contributed by atoms with Crippen LogP contribution in [0.4, 0.5) is 9.93 Å². The van der Waals surface area contributed by atoms with E-state index in [1.807, 2.05) is 36.4 Å². The molecule has 2 amide bonds. The molecule has 0 radical (unpaired) electrons. The normalized spacial score (nSPS) is 13.9. The number of anilines is 1. The number of carbonyl (C=O) groups excluding carboxylic acids is 2. The van der Waals surface area contributed by atoms with Gasteiger partial charge in [-0.3, -0.25) is 10.1 Å². The van der Waals surface area contributed by atoms with Gasteiger partial charge in [-0.2, -0.15) is 0 Å². The lowest BCUT2D eigenvalue weighted by atomic mass is 9.98. The number of aromatic nitrogens is 1. The molecule has 1 aliphatic rings. The first-order chi connectivity index (χ1) is 16.7. The number of hydrogen-bond donors (Lipinski definition) is 4. The second-order valence-electron chi connectivity index (χ2n) is 8.44. The van der Waals surface area contributed by atoms with Crippen molar-refractivity contribution >= 4 is 34.4 Å². The molecule has 0 bridgehead atoms. The first-order valence-electron chi connectivity index (χ1n) is 11.0. The lowest BCUT2D eigenvalue weighted by Gasteiger charge is -2.18. The lowest BCUT2D eigenvalue weighted by molar-refractivity contribution is -0.156. The number of ether oxygens (including phenoxy) is 1. The molecule has 0 fully saturated rings. The van der Waals surface area contributed by atoms with E-state index in [2.05, 4.69) is 27.8 Å². The highest BCUT2D eigenvalue weighted by Crippen LogP contribution is 2.44. The van der Waals surface area contributed by atoms with Crippen LogP contribution >= 0.6 is 11.3 Å². The molecule has 0 saturated heterocycles. The quantitative estimate of drug-likeness (QED) is 0.357. The smallest absolute Gasteiger partial charge is 0.413 e. The van der Waals surface area contributed by atoms with Gasteiger partial charge in [-0.05, 0) is 35.6 Å². The molecule has 1 aliphatic carbocycles. The molecular formula is C25H25N3O6S. The number of thiazole rings is 1. The van der Waals surface area contributed by atoms with Crippen LogP contribution < -0.4 is 10.6 Å². The van der Waals surface area contributed by atoms with Crippen molar-refractivity contribution in [1.29, 1.82) is 0 Å². The number of fused-ring (bicyclic) bond motifs is 3. The topological polar surface area (TPSA) is 138 Å².